The van der Waals surface area contributed by atoms with Crippen LogP contribution in [0.4, 0.5) is 5.69 Å². The summed E-state index contributed by atoms with van der Waals surface area (Å²) < 4.78 is 0. The molecule has 0 saturated carbocycles. The van der Waals surface area contributed by atoms with Crippen molar-refractivity contribution in [3.8, 4) is 0 Å². The van der Waals surface area contributed by atoms with E-state index in [9.17, 15) is 9.59 Å². The molecule has 0 aliphatic heterocycles. The molecule has 2 amide bonds. The third-order valence-corrected chi connectivity index (χ3v) is 4.46. The van der Waals surface area contributed by atoms with Crippen molar-refractivity contribution in [1.82, 2.24) is 10.2 Å². The van der Waals surface area contributed by atoms with Gasteiger partial charge in [-0.05, 0) is 55.1 Å². The van der Waals surface area contributed by atoms with Crippen molar-refractivity contribution in [3.05, 3.63) is 65.2 Å². The third-order valence-electron chi connectivity index (χ3n) is 4.46. The molecule has 8 heteroatoms. The highest BCUT2D eigenvalue weighted by Gasteiger charge is 2.08. The normalized spacial score (nSPS) is 9.93. The standard InChI is InChI=1S/C21H28N4O2.2ClH/c1-3-25(4-2)14-13-23-20(26)17-9-11-19(12-10-17)24-21(27)18-7-5-16(15-22)6-8-18;;/h5-12H,3-4,13-15,22H2,1-2H3,(H,23,26)(H,24,27);2*1H. The average Bonchev–Trinajstić information content (AvgIpc) is 2.71. The van der Waals surface area contributed by atoms with Gasteiger partial charge in [0.15, 0.2) is 0 Å². The summed E-state index contributed by atoms with van der Waals surface area (Å²) in [7, 11) is 0. The van der Waals surface area contributed by atoms with Crippen LogP contribution in [0.25, 0.3) is 0 Å². The van der Waals surface area contributed by atoms with Gasteiger partial charge in [0.25, 0.3) is 11.8 Å². The number of carbonyl (C=O) groups excluding carboxylic acids is 2. The fraction of sp³-hybridized carbons (Fsp3) is 0.333. The highest BCUT2D eigenvalue weighted by molar-refractivity contribution is 6.04. The molecule has 0 aliphatic carbocycles. The van der Waals surface area contributed by atoms with Crippen LogP contribution in [-0.2, 0) is 6.54 Å². The van der Waals surface area contributed by atoms with Gasteiger partial charge in [0.2, 0.25) is 0 Å². The number of nitrogens with two attached hydrogens (primary N) is 1. The van der Waals surface area contributed by atoms with E-state index in [1.54, 1.807) is 36.4 Å². The Morgan fingerprint density at radius 3 is 1.90 bits per heavy atom. The second kappa shape index (κ2) is 14.0. The van der Waals surface area contributed by atoms with E-state index in [1.807, 2.05) is 12.1 Å². The topological polar surface area (TPSA) is 87.5 Å². The molecule has 29 heavy (non-hydrogen) atoms. The molecular formula is C21H30Cl2N4O2. The number of nitrogens with one attached hydrogen (secondary N) is 2. The van der Waals surface area contributed by atoms with Gasteiger partial charge in [-0.3, -0.25) is 9.59 Å². The largest absolute Gasteiger partial charge is 0.351 e. The Bertz CT molecular complexity index is 748. The van der Waals surface area contributed by atoms with Gasteiger partial charge in [0, 0.05) is 36.4 Å². The predicted molar refractivity (Wildman–Crippen MR) is 123 cm³/mol. The van der Waals surface area contributed by atoms with Crippen molar-refractivity contribution in [3.63, 3.8) is 0 Å². The summed E-state index contributed by atoms with van der Waals surface area (Å²) in [6.07, 6.45) is 0. The maximum atomic E-state index is 12.3. The van der Waals surface area contributed by atoms with E-state index in [4.69, 9.17) is 5.73 Å². The lowest BCUT2D eigenvalue weighted by Crippen LogP contribution is -2.34. The van der Waals surface area contributed by atoms with Crippen LogP contribution < -0.4 is 16.4 Å². The Labute approximate surface area is 185 Å². The number of rotatable bonds is 9. The van der Waals surface area contributed by atoms with E-state index in [-0.39, 0.29) is 36.6 Å². The average molecular weight is 441 g/mol. The van der Waals surface area contributed by atoms with Crippen LogP contribution in [0.15, 0.2) is 48.5 Å². The summed E-state index contributed by atoms with van der Waals surface area (Å²) in [5, 5.41) is 5.74. The Morgan fingerprint density at radius 1 is 0.862 bits per heavy atom. The molecular weight excluding hydrogens is 411 g/mol. The molecule has 0 aliphatic rings. The number of benzene rings is 2. The fourth-order valence-corrected chi connectivity index (χ4v) is 2.67. The molecule has 160 valence electrons. The lowest BCUT2D eigenvalue weighted by Gasteiger charge is -2.18. The summed E-state index contributed by atoms with van der Waals surface area (Å²) in [6.45, 7) is 8.02. The summed E-state index contributed by atoms with van der Waals surface area (Å²) in [5.74, 6) is -0.313. The minimum atomic E-state index is -0.199. The van der Waals surface area contributed by atoms with Gasteiger partial charge in [0.1, 0.15) is 0 Å². The highest BCUT2D eigenvalue weighted by Crippen LogP contribution is 2.12. The van der Waals surface area contributed by atoms with E-state index in [1.165, 1.54) is 0 Å². The first kappa shape index (κ1) is 26.9. The molecule has 0 unspecified atom stereocenters. The Balaban J connectivity index is 0.00000392. The van der Waals surface area contributed by atoms with Gasteiger partial charge >= 0.3 is 0 Å². The van der Waals surface area contributed by atoms with Crippen molar-refractivity contribution >= 4 is 42.3 Å². The fourth-order valence-electron chi connectivity index (χ4n) is 2.67. The minimum Gasteiger partial charge on any atom is -0.351 e. The third kappa shape index (κ3) is 8.41. The van der Waals surface area contributed by atoms with Crippen LogP contribution in [0, 0.1) is 0 Å². The molecule has 0 bridgehead atoms. The second-order valence-corrected chi connectivity index (χ2v) is 6.22. The molecule has 4 N–H and O–H groups in total. The molecule has 6 nitrogen and oxygen atoms in total. The van der Waals surface area contributed by atoms with Crippen LogP contribution >= 0.6 is 24.8 Å². The molecule has 0 fully saturated rings. The summed E-state index contributed by atoms with van der Waals surface area (Å²) in [5.41, 5.74) is 8.31. The van der Waals surface area contributed by atoms with E-state index < -0.39 is 0 Å². The van der Waals surface area contributed by atoms with Crippen molar-refractivity contribution in [2.24, 2.45) is 5.73 Å². The van der Waals surface area contributed by atoms with E-state index in [0.29, 0.717) is 29.9 Å². The van der Waals surface area contributed by atoms with Crippen molar-refractivity contribution in [1.29, 1.82) is 0 Å². The van der Waals surface area contributed by atoms with Crippen LogP contribution in [0.5, 0.6) is 0 Å². The molecule has 2 aromatic rings. The van der Waals surface area contributed by atoms with Crippen LogP contribution in [0.2, 0.25) is 0 Å². The summed E-state index contributed by atoms with van der Waals surface area (Å²) >= 11 is 0. The maximum absolute atomic E-state index is 12.3. The molecule has 0 heterocycles. The van der Waals surface area contributed by atoms with Crippen molar-refractivity contribution < 1.29 is 9.59 Å². The number of hydrogen-bond acceptors (Lipinski definition) is 4. The Kier molecular flexibility index (Phi) is 12.9. The molecule has 0 radical (unpaired) electrons. The minimum absolute atomic E-state index is 0. The highest BCUT2D eigenvalue weighted by atomic mass is 35.5. The number of amides is 2. The van der Waals surface area contributed by atoms with Gasteiger partial charge < -0.3 is 21.3 Å². The predicted octanol–water partition coefficient (Wildman–Crippen LogP) is 3.31. The monoisotopic (exact) mass is 440 g/mol. The summed E-state index contributed by atoms with van der Waals surface area (Å²) in [6, 6.07) is 14.0. The van der Waals surface area contributed by atoms with Gasteiger partial charge in [-0.2, -0.15) is 0 Å². The number of hydrogen-bond donors (Lipinski definition) is 3. The molecule has 0 aromatic heterocycles. The first-order chi connectivity index (χ1) is 13.1. The Morgan fingerprint density at radius 2 is 1.38 bits per heavy atom. The zero-order valence-corrected chi connectivity index (χ0v) is 18.4. The summed E-state index contributed by atoms with van der Waals surface area (Å²) in [4.78, 5) is 26.7. The zero-order valence-electron chi connectivity index (χ0n) is 16.8. The zero-order chi connectivity index (χ0) is 19.6. The lowest BCUT2D eigenvalue weighted by molar-refractivity contribution is 0.0948. The maximum Gasteiger partial charge on any atom is 0.255 e. The van der Waals surface area contributed by atoms with E-state index in [2.05, 4.69) is 29.4 Å². The number of carbonyl (C=O) groups is 2. The van der Waals surface area contributed by atoms with Gasteiger partial charge in [-0.25, -0.2) is 0 Å². The first-order valence-electron chi connectivity index (χ1n) is 9.28. The molecule has 2 aromatic carbocycles. The van der Waals surface area contributed by atoms with Gasteiger partial charge in [-0.1, -0.05) is 26.0 Å². The lowest BCUT2D eigenvalue weighted by atomic mass is 10.1. The smallest absolute Gasteiger partial charge is 0.255 e. The quantitative estimate of drug-likeness (QED) is 0.557. The van der Waals surface area contributed by atoms with Crippen molar-refractivity contribution in [2.45, 2.75) is 20.4 Å². The SMILES string of the molecule is CCN(CC)CCNC(=O)c1ccc(NC(=O)c2ccc(CN)cc2)cc1.Cl.Cl. The number of anilines is 1. The van der Waals surface area contributed by atoms with Gasteiger partial charge in [0.05, 0.1) is 0 Å². The van der Waals surface area contributed by atoms with E-state index in [0.717, 1.165) is 25.2 Å². The number of halogens is 2. The molecule has 0 atom stereocenters. The molecule has 0 saturated heterocycles. The number of likely N-dealkylation sites (N-methyl/N-ethyl adjacent to an activating group) is 1. The van der Waals surface area contributed by atoms with E-state index >= 15 is 0 Å². The van der Waals surface area contributed by atoms with Crippen LogP contribution in [0.1, 0.15) is 40.1 Å². The molecule has 0 spiro atoms. The van der Waals surface area contributed by atoms with Crippen LogP contribution in [0.3, 0.4) is 0 Å². The molecule has 2 rings (SSSR count). The van der Waals surface area contributed by atoms with Crippen molar-refractivity contribution in [2.75, 3.05) is 31.5 Å². The second-order valence-electron chi connectivity index (χ2n) is 6.22. The van der Waals surface area contributed by atoms with Gasteiger partial charge in [-0.15, -0.1) is 24.8 Å². The first-order valence-corrected chi connectivity index (χ1v) is 9.28. The Hall–Kier alpha value is -2.12. The van der Waals surface area contributed by atoms with Crippen LogP contribution in [-0.4, -0.2) is 42.9 Å². The number of nitrogens with zero attached hydrogens (tertiary/aromatic N) is 1.